The summed E-state index contributed by atoms with van der Waals surface area (Å²) in [4.78, 5) is 23.3. The van der Waals surface area contributed by atoms with Crippen LogP contribution in [-0.4, -0.2) is 30.3 Å². The van der Waals surface area contributed by atoms with Gasteiger partial charge in [0.15, 0.2) is 0 Å². The minimum Gasteiger partial charge on any atom is -0.481 e. The molecule has 0 unspecified atom stereocenters. The van der Waals surface area contributed by atoms with Gasteiger partial charge in [0.1, 0.15) is 24.0 Å². The van der Waals surface area contributed by atoms with Crippen molar-refractivity contribution in [2.75, 3.05) is 6.61 Å². The fourth-order valence-corrected chi connectivity index (χ4v) is 1.76. The lowest BCUT2D eigenvalue weighted by atomic mass is 10.1. The number of terminal acetylenes is 1. The highest BCUT2D eigenvalue weighted by Gasteiger charge is 2.22. The van der Waals surface area contributed by atoms with Crippen molar-refractivity contribution in [1.29, 1.82) is 0 Å². The molecule has 0 fully saturated rings. The topological polar surface area (TPSA) is 90.7 Å². The number of carbonyl (C=O) groups excluding carboxylic acids is 2. The molecule has 1 rings (SSSR count). The number of hydrogen-bond acceptors (Lipinski definition) is 4. The van der Waals surface area contributed by atoms with E-state index in [0.29, 0.717) is 5.75 Å². The molecule has 0 bridgehead atoms. The summed E-state index contributed by atoms with van der Waals surface area (Å²) in [5, 5.41) is 2.48. The van der Waals surface area contributed by atoms with E-state index in [4.69, 9.17) is 21.6 Å². The molecule has 23 heavy (non-hydrogen) atoms. The maximum atomic E-state index is 11.8. The summed E-state index contributed by atoms with van der Waals surface area (Å²) in [5.41, 5.74) is 5.50. The molecule has 0 aromatic heterocycles. The van der Waals surface area contributed by atoms with E-state index >= 15 is 0 Å². The lowest BCUT2D eigenvalue weighted by Crippen LogP contribution is -2.47. The number of benzene rings is 1. The largest absolute Gasteiger partial charge is 0.481 e. The molecule has 6 heteroatoms. The maximum Gasteiger partial charge on any atom is 0.408 e. The summed E-state index contributed by atoms with van der Waals surface area (Å²) in [7, 11) is 0. The van der Waals surface area contributed by atoms with Gasteiger partial charge in [-0.2, -0.15) is 0 Å². The second kappa shape index (κ2) is 8.08. The molecular formula is C17H22N2O4. The van der Waals surface area contributed by atoms with Gasteiger partial charge in [0.25, 0.3) is 0 Å². The molecule has 2 amide bonds. The Balaban J connectivity index is 2.67. The second-order valence-corrected chi connectivity index (χ2v) is 5.94. The Morgan fingerprint density at radius 2 is 1.91 bits per heavy atom. The van der Waals surface area contributed by atoms with Crippen LogP contribution in [0.15, 0.2) is 24.3 Å². The first kappa shape index (κ1) is 18.4. The maximum absolute atomic E-state index is 11.8. The molecule has 0 saturated carbocycles. The van der Waals surface area contributed by atoms with E-state index in [-0.39, 0.29) is 13.0 Å². The van der Waals surface area contributed by atoms with Crippen molar-refractivity contribution < 1.29 is 19.1 Å². The normalized spacial score (nSPS) is 11.9. The Bertz CT molecular complexity index is 582. The molecule has 124 valence electrons. The summed E-state index contributed by atoms with van der Waals surface area (Å²) < 4.78 is 10.4. The van der Waals surface area contributed by atoms with Gasteiger partial charge in [-0.3, -0.25) is 4.79 Å². The number of hydrogen-bond donors (Lipinski definition) is 2. The molecular weight excluding hydrogens is 296 g/mol. The van der Waals surface area contributed by atoms with Gasteiger partial charge in [0.05, 0.1) is 0 Å². The van der Waals surface area contributed by atoms with Crippen molar-refractivity contribution in [1.82, 2.24) is 5.32 Å². The van der Waals surface area contributed by atoms with Crippen molar-refractivity contribution in [3.05, 3.63) is 29.8 Å². The standard InChI is InChI=1S/C17H22N2O4/c1-5-10-22-13-8-6-12(7-9-13)11-14(15(18)20)19-16(21)23-17(2,3)4/h1,6-9,14H,10-11H2,2-4H3,(H2,18,20)(H,19,21)/t14-/m0/s1. The van der Waals surface area contributed by atoms with Crippen molar-refractivity contribution >= 4 is 12.0 Å². The van der Waals surface area contributed by atoms with Crippen LogP contribution < -0.4 is 15.8 Å². The van der Waals surface area contributed by atoms with Gasteiger partial charge in [-0.1, -0.05) is 18.1 Å². The first-order valence-corrected chi connectivity index (χ1v) is 7.15. The number of primary amides is 1. The van der Waals surface area contributed by atoms with Gasteiger partial charge in [-0.15, -0.1) is 6.42 Å². The van der Waals surface area contributed by atoms with Crippen LogP contribution in [0.25, 0.3) is 0 Å². The average Bonchev–Trinajstić information content (AvgIpc) is 2.43. The first-order chi connectivity index (χ1) is 10.7. The van der Waals surface area contributed by atoms with Crippen LogP contribution in [0, 0.1) is 12.3 Å². The van der Waals surface area contributed by atoms with Gasteiger partial charge >= 0.3 is 6.09 Å². The third-order valence-corrected chi connectivity index (χ3v) is 2.72. The Hall–Kier alpha value is -2.68. The second-order valence-electron chi connectivity index (χ2n) is 5.94. The van der Waals surface area contributed by atoms with Gasteiger partial charge in [-0.25, -0.2) is 4.79 Å². The number of carbonyl (C=O) groups is 2. The molecule has 1 aromatic carbocycles. The van der Waals surface area contributed by atoms with Gasteiger partial charge in [0, 0.05) is 6.42 Å². The fraction of sp³-hybridized carbons (Fsp3) is 0.412. The van der Waals surface area contributed by atoms with Gasteiger partial charge in [0.2, 0.25) is 5.91 Å². The van der Waals surface area contributed by atoms with E-state index < -0.39 is 23.6 Å². The van der Waals surface area contributed by atoms with E-state index in [0.717, 1.165) is 5.56 Å². The van der Waals surface area contributed by atoms with Crippen LogP contribution >= 0.6 is 0 Å². The predicted molar refractivity (Wildman–Crippen MR) is 86.8 cm³/mol. The summed E-state index contributed by atoms with van der Waals surface area (Å²) in [6, 6.07) is 6.16. The predicted octanol–water partition coefficient (Wildman–Crippen LogP) is 1.62. The van der Waals surface area contributed by atoms with Crippen LogP contribution in [0.2, 0.25) is 0 Å². The van der Waals surface area contributed by atoms with Crippen LogP contribution in [0.3, 0.4) is 0 Å². The number of rotatable bonds is 6. The van der Waals surface area contributed by atoms with E-state index in [2.05, 4.69) is 11.2 Å². The molecule has 0 spiro atoms. The minimum atomic E-state index is -0.859. The van der Waals surface area contributed by atoms with Crippen LogP contribution in [0.4, 0.5) is 4.79 Å². The zero-order valence-corrected chi connectivity index (χ0v) is 13.6. The average molecular weight is 318 g/mol. The molecule has 0 radical (unpaired) electrons. The highest BCUT2D eigenvalue weighted by atomic mass is 16.6. The Kier molecular flexibility index (Phi) is 6.46. The van der Waals surface area contributed by atoms with E-state index in [1.807, 2.05) is 0 Å². The number of ether oxygens (including phenoxy) is 2. The SMILES string of the molecule is C#CCOc1ccc(C[C@H](NC(=O)OC(C)(C)C)C(N)=O)cc1. The number of nitrogens with one attached hydrogen (secondary N) is 1. The third-order valence-electron chi connectivity index (χ3n) is 2.72. The van der Waals surface area contributed by atoms with Crippen LogP contribution in [0.5, 0.6) is 5.75 Å². The highest BCUT2D eigenvalue weighted by molar-refractivity contribution is 5.84. The monoisotopic (exact) mass is 318 g/mol. The molecule has 1 atom stereocenters. The molecule has 6 nitrogen and oxygen atoms in total. The van der Waals surface area contributed by atoms with E-state index in [1.54, 1.807) is 45.0 Å². The van der Waals surface area contributed by atoms with Gasteiger partial charge < -0.3 is 20.5 Å². The minimum absolute atomic E-state index is 0.184. The molecule has 0 aliphatic rings. The highest BCUT2D eigenvalue weighted by Crippen LogP contribution is 2.14. The summed E-state index contributed by atoms with van der Waals surface area (Å²) in [6.07, 6.45) is 4.69. The lowest BCUT2D eigenvalue weighted by Gasteiger charge is -2.22. The number of amides is 2. The van der Waals surface area contributed by atoms with Gasteiger partial charge in [-0.05, 0) is 38.5 Å². The number of alkyl carbamates (subject to hydrolysis) is 1. The summed E-state index contributed by atoms with van der Waals surface area (Å²) in [6.45, 7) is 5.39. The van der Waals surface area contributed by atoms with Crippen LogP contribution in [-0.2, 0) is 16.0 Å². The van der Waals surface area contributed by atoms with Crippen molar-refractivity contribution in [2.24, 2.45) is 5.73 Å². The summed E-state index contributed by atoms with van der Waals surface area (Å²) in [5.74, 6) is 2.36. The molecule has 0 aliphatic heterocycles. The van der Waals surface area contributed by atoms with Crippen molar-refractivity contribution in [3.63, 3.8) is 0 Å². The molecule has 1 aromatic rings. The Labute approximate surface area is 136 Å². The zero-order chi connectivity index (χ0) is 17.5. The Morgan fingerprint density at radius 1 is 1.30 bits per heavy atom. The molecule has 0 saturated heterocycles. The third kappa shape index (κ3) is 7.23. The molecule has 3 N–H and O–H groups in total. The molecule has 0 aliphatic carbocycles. The quantitative estimate of drug-likeness (QED) is 0.780. The van der Waals surface area contributed by atoms with E-state index in [9.17, 15) is 9.59 Å². The first-order valence-electron chi connectivity index (χ1n) is 7.15. The lowest BCUT2D eigenvalue weighted by molar-refractivity contribution is -0.120. The van der Waals surface area contributed by atoms with E-state index in [1.165, 1.54) is 0 Å². The van der Waals surface area contributed by atoms with Crippen molar-refractivity contribution in [2.45, 2.75) is 38.8 Å². The molecule has 0 heterocycles. The fourth-order valence-electron chi connectivity index (χ4n) is 1.76. The van der Waals surface area contributed by atoms with Crippen molar-refractivity contribution in [3.8, 4) is 18.1 Å². The van der Waals surface area contributed by atoms with Crippen LogP contribution in [0.1, 0.15) is 26.3 Å². The summed E-state index contributed by atoms with van der Waals surface area (Å²) >= 11 is 0. The Morgan fingerprint density at radius 3 is 2.39 bits per heavy atom. The zero-order valence-electron chi connectivity index (χ0n) is 13.6. The number of nitrogens with two attached hydrogens (primary N) is 1. The smallest absolute Gasteiger partial charge is 0.408 e.